The summed E-state index contributed by atoms with van der Waals surface area (Å²) in [7, 11) is 1.78. The van der Waals surface area contributed by atoms with E-state index in [9.17, 15) is 14.7 Å². The van der Waals surface area contributed by atoms with Gasteiger partial charge in [0.25, 0.3) is 0 Å². The summed E-state index contributed by atoms with van der Waals surface area (Å²) in [4.78, 5) is 23.9. The highest BCUT2D eigenvalue weighted by Gasteiger charge is 2.22. The van der Waals surface area contributed by atoms with Gasteiger partial charge in [-0.05, 0) is 24.1 Å². The number of nitrogens with zero attached hydrogens (tertiary/aromatic N) is 3. The molecule has 0 saturated heterocycles. The van der Waals surface area contributed by atoms with E-state index in [-0.39, 0.29) is 12.3 Å². The van der Waals surface area contributed by atoms with Crippen LogP contribution in [-0.4, -0.2) is 32.0 Å². The molecule has 138 valence electrons. The molecule has 0 aliphatic heterocycles. The Hall–Kier alpha value is -3.48. The van der Waals surface area contributed by atoms with Crippen molar-refractivity contribution >= 4 is 17.6 Å². The minimum Gasteiger partial charge on any atom is -0.481 e. The number of carbonyl (C=O) groups excluding carboxylic acids is 1. The lowest BCUT2D eigenvalue weighted by molar-refractivity contribution is -0.143. The van der Waals surface area contributed by atoms with Crippen LogP contribution in [0.1, 0.15) is 12.0 Å². The molecule has 0 aliphatic carbocycles. The van der Waals surface area contributed by atoms with Crippen molar-refractivity contribution in [2.75, 3.05) is 5.32 Å². The lowest BCUT2D eigenvalue weighted by atomic mass is 9.96. The van der Waals surface area contributed by atoms with Gasteiger partial charge in [-0.1, -0.05) is 47.7 Å². The number of carboxylic acids is 1. The fourth-order valence-corrected chi connectivity index (χ4v) is 2.82. The Morgan fingerprint density at radius 2 is 1.93 bits per heavy atom. The van der Waals surface area contributed by atoms with Gasteiger partial charge in [-0.3, -0.25) is 14.3 Å². The van der Waals surface area contributed by atoms with E-state index in [4.69, 9.17) is 0 Å². The molecule has 1 unspecified atom stereocenters. The Kier molecular flexibility index (Phi) is 5.61. The third kappa shape index (κ3) is 5.01. The number of aromatic nitrogens is 3. The third-order valence-corrected chi connectivity index (χ3v) is 4.15. The molecule has 7 nitrogen and oxygen atoms in total. The maximum Gasteiger partial charge on any atom is 0.307 e. The van der Waals surface area contributed by atoms with E-state index < -0.39 is 11.9 Å². The zero-order chi connectivity index (χ0) is 19.2. The summed E-state index contributed by atoms with van der Waals surface area (Å²) < 4.78 is 1.60. The summed E-state index contributed by atoms with van der Waals surface area (Å²) in [6, 6.07) is 16.5. The standard InChI is InChI=1S/C20H20N4O3/c1-24-13-18(22-23-24)15-8-5-9-17(11-15)21-19(25)12-16(20(26)27)10-14-6-3-2-4-7-14/h2-9,11,13,16H,10,12H2,1H3,(H,21,25)(H,26,27). The first kappa shape index (κ1) is 18.3. The van der Waals surface area contributed by atoms with Gasteiger partial charge in [0.1, 0.15) is 5.69 Å². The van der Waals surface area contributed by atoms with Gasteiger partial charge in [0.05, 0.1) is 12.1 Å². The Balaban J connectivity index is 1.66. The maximum absolute atomic E-state index is 12.4. The summed E-state index contributed by atoms with van der Waals surface area (Å²) in [5, 5.41) is 20.2. The van der Waals surface area contributed by atoms with Crippen LogP contribution in [-0.2, 0) is 23.1 Å². The molecule has 2 aromatic carbocycles. The predicted molar refractivity (Wildman–Crippen MR) is 101 cm³/mol. The minimum atomic E-state index is -0.984. The van der Waals surface area contributed by atoms with Crippen LogP contribution in [0.3, 0.4) is 0 Å². The first-order valence-electron chi connectivity index (χ1n) is 8.54. The van der Waals surface area contributed by atoms with Gasteiger partial charge in [0, 0.05) is 24.7 Å². The maximum atomic E-state index is 12.4. The molecule has 1 heterocycles. The number of carbonyl (C=O) groups is 2. The first-order valence-corrected chi connectivity index (χ1v) is 8.54. The van der Waals surface area contributed by atoms with E-state index in [1.807, 2.05) is 36.4 Å². The number of amides is 1. The van der Waals surface area contributed by atoms with Crippen LogP contribution in [0.4, 0.5) is 5.69 Å². The summed E-state index contributed by atoms with van der Waals surface area (Å²) in [6.07, 6.45) is 1.99. The molecule has 1 atom stereocenters. The number of aliphatic carboxylic acids is 1. The number of nitrogens with one attached hydrogen (secondary N) is 1. The van der Waals surface area contributed by atoms with Gasteiger partial charge in [0.15, 0.2) is 0 Å². The normalized spacial score (nSPS) is 11.7. The molecule has 3 aromatic rings. The Morgan fingerprint density at radius 1 is 1.15 bits per heavy atom. The number of carboxylic acid groups (broad SMARTS) is 1. The predicted octanol–water partition coefficient (Wildman–Crippen LogP) is 2.75. The van der Waals surface area contributed by atoms with E-state index in [1.165, 1.54) is 0 Å². The van der Waals surface area contributed by atoms with Crippen molar-refractivity contribution < 1.29 is 14.7 Å². The fourth-order valence-electron chi connectivity index (χ4n) is 2.82. The molecular formula is C20H20N4O3. The van der Waals surface area contributed by atoms with E-state index in [0.717, 1.165) is 11.1 Å². The molecule has 1 amide bonds. The molecule has 0 aliphatic rings. The third-order valence-electron chi connectivity index (χ3n) is 4.15. The molecule has 7 heteroatoms. The van der Waals surface area contributed by atoms with Gasteiger partial charge in [-0.2, -0.15) is 0 Å². The quantitative estimate of drug-likeness (QED) is 0.672. The number of hydrogen-bond donors (Lipinski definition) is 2. The second-order valence-corrected chi connectivity index (χ2v) is 6.34. The minimum absolute atomic E-state index is 0.0976. The van der Waals surface area contributed by atoms with Crippen molar-refractivity contribution in [1.29, 1.82) is 0 Å². The molecule has 0 radical (unpaired) electrons. The van der Waals surface area contributed by atoms with E-state index in [0.29, 0.717) is 17.8 Å². The summed E-state index contributed by atoms with van der Waals surface area (Å²) in [5.41, 5.74) is 3.00. The molecule has 0 bridgehead atoms. The highest BCUT2D eigenvalue weighted by molar-refractivity contribution is 5.93. The smallest absolute Gasteiger partial charge is 0.307 e. The molecule has 0 fully saturated rings. The van der Waals surface area contributed by atoms with Crippen molar-refractivity contribution in [3.63, 3.8) is 0 Å². The molecule has 3 rings (SSSR count). The van der Waals surface area contributed by atoms with Crippen molar-refractivity contribution in [3.05, 3.63) is 66.4 Å². The van der Waals surface area contributed by atoms with Crippen LogP contribution >= 0.6 is 0 Å². The fraction of sp³-hybridized carbons (Fsp3) is 0.200. The van der Waals surface area contributed by atoms with Crippen molar-refractivity contribution in [3.8, 4) is 11.3 Å². The number of hydrogen-bond acceptors (Lipinski definition) is 4. The SMILES string of the molecule is Cn1cc(-c2cccc(NC(=O)CC(Cc3ccccc3)C(=O)O)c2)nn1. The monoisotopic (exact) mass is 364 g/mol. The van der Waals surface area contributed by atoms with Crippen LogP contribution < -0.4 is 5.32 Å². The molecule has 1 aromatic heterocycles. The average molecular weight is 364 g/mol. The van der Waals surface area contributed by atoms with Gasteiger partial charge in [-0.25, -0.2) is 0 Å². The number of benzene rings is 2. The second kappa shape index (κ2) is 8.27. The lowest BCUT2D eigenvalue weighted by Gasteiger charge is -2.13. The summed E-state index contributed by atoms with van der Waals surface area (Å²) in [5.74, 6) is -2.10. The largest absolute Gasteiger partial charge is 0.481 e. The Labute approximate surface area is 156 Å². The summed E-state index contributed by atoms with van der Waals surface area (Å²) in [6.45, 7) is 0. The zero-order valence-corrected chi connectivity index (χ0v) is 14.9. The molecule has 2 N–H and O–H groups in total. The molecule has 0 saturated carbocycles. The van der Waals surface area contributed by atoms with E-state index >= 15 is 0 Å². The van der Waals surface area contributed by atoms with E-state index in [1.54, 1.807) is 36.1 Å². The highest BCUT2D eigenvalue weighted by atomic mass is 16.4. The Bertz CT molecular complexity index is 937. The molecule has 27 heavy (non-hydrogen) atoms. The van der Waals surface area contributed by atoms with Crippen LogP contribution in [0, 0.1) is 5.92 Å². The number of rotatable bonds is 7. The highest BCUT2D eigenvalue weighted by Crippen LogP contribution is 2.21. The summed E-state index contributed by atoms with van der Waals surface area (Å²) >= 11 is 0. The van der Waals surface area contributed by atoms with Crippen molar-refractivity contribution in [2.24, 2.45) is 13.0 Å². The average Bonchev–Trinajstić information content (AvgIpc) is 3.08. The first-order chi connectivity index (χ1) is 13.0. The number of aryl methyl sites for hydroxylation is 1. The lowest BCUT2D eigenvalue weighted by Crippen LogP contribution is -2.24. The molecule has 0 spiro atoms. The zero-order valence-electron chi connectivity index (χ0n) is 14.9. The van der Waals surface area contributed by atoms with Crippen molar-refractivity contribution in [1.82, 2.24) is 15.0 Å². The van der Waals surface area contributed by atoms with Crippen LogP contribution in [0.2, 0.25) is 0 Å². The van der Waals surface area contributed by atoms with Crippen LogP contribution in [0.15, 0.2) is 60.8 Å². The molecular weight excluding hydrogens is 344 g/mol. The Morgan fingerprint density at radius 3 is 2.59 bits per heavy atom. The topological polar surface area (TPSA) is 97.1 Å². The van der Waals surface area contributed by atoms with Gasteiger partial charge >= 0.3 is 5.97 Å². The van der Waals surface area contributed by atoms with Crippen LogP contribution in [0.5, 0.6) is 0 Å². The number of anilines is 1. The van der Waals surface area contributed by atoms with Crippen molar-refractivity contribution in [2.45, 2.75) is 12.8 Å². The van der Waals surface area contributed by atoms with Gasteiger partial charge in [-0.15, -0.1) is 5.10 Å². The van der Waals surface area contributed by atoms with E-state index in [2.05, 4.69) is 15.6 Å². The second-order valence-electron chi connectivity index (χ2n) is 6.34. The van der Waals surface area contributed by atoms with Crippen LogP contribution in [0.25, 0.3) is 11.3 Å². The van der Waals surface area contributed by atoms with Gasteiger partial charge in [0.2, 0.25) is 5.91 Å². The van der Waals surface area contributed by atoms with Gasteiger partial charge < -0.3 is 10.4 Å².